The molecule has 0 heterocycles. The van der Waals surface area contributed by atoms with Gasteiger partial charge in [0.15, 0.2) is 0 Å². The quantitative estimate of drug-likeness (QED) is 0.368. The van der Waals surface area contributed by atoms with Crippen LogP contribution in [-0.4, -0.2) is 11.2 Å². The third-order valence-electron chi connectivity index (χ3n) is 0.425. The zero-order valence-corrected chi connectivity index (χ0v) is 5.91. The molecule has 5 heteroatoms. The Morgan fingerprint density at radius 2 is 2.50 bits per heavy atom. The van der Waals surface area contributed by atoms with Crippen LogP contribution in [0.15, 0.2) is 10.4 Å². The fourth-order valence-electron chi connectivity index (χ4n) is 0.143. The van der Waals surface area contributed by atoms with E-state index in [2.05, 4.69) is 12.6 Å². The summed E-state index contributed by atoms with van der Waals surface area (Å²) < 4.78 is 0.412. The lowest BCUT2D eigenvalue weighted by Crippen LogP contribution is -1.82. The van der Waals surface area contributed by atoms with Gasteiger partial charge in [-0.3, -0.25) is 10.1 Å². The van der Waals surface area contributed by atoms with E-state index in [0.717, 1.165) is 6.20 Å². The Morgan fingerprint density at radius 3 is 2.62 bits per heavy atom. The molecule has 0 radical (unpaired) electrons. The van der Waals surface area contributed by atoms with Gasteiger partial charge in [0, 0.05) is 0 Å². The van der Waals surface area contributed by atoms with E-state index in [-0.39, 0.29) is 0 Å². The van der Waals surface area contributed by atoms with Crippen molar-refractivity contribution in [2.24, 2.45) is 0 Å². The smallest absolute Gasteiger partial charge is 0.254 e. The summed E-state index contributed by atoms with van der Waals surface area (Å²) in [4.78, 5) is 9.11. The first-order valence-corrected chi connectivity index (χ1v) is 3.42. The minimum Gasteiger partial charge on any atom is -0.259 e. The Bertz CT molecular complexity index is 122. The van der Waals surface area contributed by atoms with E-state index in [9.17, 15) is 10.1 Å². The van der Waals surface area contributed by atoms with E-state index < -0.39 is 4.92 Å². The Kier molecular flexibility index (Phi) is 3.72. The number of rotatable bonds is 2. The second-order valence-corrected chi connectivity index (χ2v) is 2.59. The molecule has 0 N–H and O–H groups in total. The maximum Gasteiger partial charge on any atom is 0.254 e. The number of thioether (sulfide) groups is 1. The van der Waals surface area contributed by atoms with Crippen molar-refractivity contribution in [2.45, 2.75) is 0 Å². The standard InChI is InChI=1S/C3H5NO2S2/c1-8-3(7)2-4(5)6/h2,7H,1H3/b3-2-. The van der Waals surface area contributed by atoms with E-state index in [1.807, 2.05) is 0 Å². The third kappa shape index (κ3) is 4.01. The van der Waals surface area contributed by atoms with E-state index in [0.29, 0.717) is 4.24 Å². The topological polar surface area (TPSA) is 43.1 Å². The van der Waals surface area contributed by atoms with E-state index in [1.165, 1.54) is 11.8 Å². The highest BCUT2D eigenvalue weighted by Crippen LogP contribution is 2.13. The molecule has 0 rings (SSSR count). The lowest BCUT2D eigenvalue weighted by atomic mass is 11.1. The highest BCUT2D eigenvalue weighted by molar-refractivity contribution is 8.15. The van der Waals surface area contributed by atoms with Crippen LogP contribution in [-0.2, 0) is 0 Å². The molecule has 0 aromatic heterocycles. The maximum atomic E-state index is 9.64. The molecule has 8 heavy (non-hydrogen) atoms. The summed E-state index contributed by atoms with van der Waals surface area (Å²) in [5.74, 6) is 0. The average Bonchev–Trinajstić information content (AvgIpc) is 1.65. The Morgan fingerprint density at radius 1 is 2.00 bits per heavy atom. The normalized spacial score (nSPS) is 11.5. The largest absolute Gasteiger partial charge is 0.259 e. The van der Waals surface area contributed by atoms with Gasteiger partial charge in [-0.05, 0) is 6.26 Å². The third-order valence-corrected chi connectivity index (χ3v) is 1.61. The second-order valence-electron chi connectivity index (χ2n) is 0.957. The monoisotopic (exact) mass is 151 g/mol. The van der Waals surface area contributed by atoms with Gasteiger partial charge in [0.25, 0.3) is 6.20 Å². The van der Waals surface area contributed by atoms with Crippen molar-refractivity contribution < 1.29 is 4.92 Å². The van der Waals surface area contributed by atoms with Gasteiger partial charge in [0.05, 0.1) is 4.92 Å². The molecule has 0 saturated heterocycles. The first-order chi connectivity index (χ1) is 3.66. The van der Waals surface area contributed by atoms with E-state index >= 15 is 0 Å². The molecular weight excluding hydrogens is 146 g/mol. The van der Waals surface area contributed by atoms with Crippen LogP contribution in [0, 0.1) is 10.1 Å². The van der Waals surface area contributed by atoms with Gasteiger partial charge >= 0.3 is 0 Å². The van der Waals surface area contributed by atoms with Crippen LogP contribution < -0.4 is 0 Å². The number of hydrogen-bond donors (Lipinski definition) is 1. The van der Waals surface area contributed by atoms with E-state index in [1.54, 1.807) is 6.26 Å². The van der Waals surface area contributed by atoms with Crippen LogP contribution in [0.4, 0.5) is 0 Å². The summed E-state index contributed by atoms with van der Waals surface area (Å²) in [5.41, 5.74) is 0. The first-order valence-electron chi connectivity index (χ1n) is 1.75. The average molecular weight is 151 g/mol. The SMILES string of the molecule is CS/C(S)=C\[N+](=O)[O-]. The Balaban J connectivity index is 3.75. The van der Waals surface area contributed by atoms with Gasteiger partial charge in [-0.2, -0.15) is 0 Å². The number of nitrogens with zero attached hydrogens (tertiary/aromatic N) is 1. The van der Waals surface area contributed by atoms with Crippen molar-refractivity contribution in [3.63, 3.8) is 0 Å². The van der Waals surface area contributed by atoms with Crippen molar-refractivity contribution >= 4 is 24.4 Å². The van der Waals surface area contributed by atoms with E-state index in [4.69, 9.17) is 0 Å². The fraction of sp³-hybridized carbons (Fsp3) is 0.333. The molecule has 0 saturated carbocycles. The lowest BCUT2D eigenvalue weighted by molar-refractivity contribution is -0.402. The zero-order valence-electron chi connectivity index (χ0n) is 4.20. The zero-order chi connectivity index (χ0) is 6.57. The molecular formula is C3H5NO2S2. The van der Waals surface area contributed by atoms with Gasteiger partial charge in [-0.25, -0.2) is 0 Å². The molecule has 0 spiro atoms. The highest BCUT2D eigenvalue weighted by Gasteiger charge is 1.91. The minimum atomic E-state index is -0.529. The second kappa shape index (κ2) is 3.80. The van der Waals surface area contributed by atoms with Crippen LogP contribution >= 0.6 is 24.4 Å². The molecule has 0 aliphatic rings. The van der Waals surface area contributed by atoms with Gasteiger partial charge in [-0.1, -0.05) is 0 Å². The van der Waals surface area contributed by atoms with Crippen LogP contribution in [0.5, 0.6) is 0 Å². The molecule has 0 aliphatic heterocycles. The summed E-state index contributed by atoms with van der Waals surface area (Å²) in [6, 6.07) is 0. The predicted octanol–water partition coefficient (Wildman–Crippen LogP) is 1.35. The molecule has 0 fully saturated rings. The number of hydrogen-bond acceptors (Lipinski definition) is 4. The summed E-state index contributed by atoms with van der Waals surface area (Å²) in [6.07, 6.45) is 2.58. The highest BCUT2D eigenvalue weighted by atomic mass is 32.2. The van der Waals surface area contributed by atoms with Crippen molar-refractivity contribution in [1.82, 2.24) is 0 Å². The molecule has 0 aliphatic carbocycles. The summed E-state index contributed by atoms with van der Waals surface area (Å²) >= 11 is 4.99. The van der Waals surface area contributed by atoms with Crippen molar-refractivity contribution in [3.8, 4) is 0 Å². The molecule has 0 amide bonds. The minimum absolute atomic E-state index is 0.412. The van der Waals surface area contributed by atoms with Crippen LogP contribution in [0.3, 0.4) is 0 Å². The Labute approximate surface area is 56.7 Å². The number of thiol groups is 1. The molecule has 0 aromatic carbocycles. The van der Waals surface area contributed by atoms with Crippen LogP contribution in [0.1, 0.15) is 0 Å². The molecule has 0 bridgehead atoms. The fourth-order valence-corrected chi connectivity index (χ4v) is 0.429. The molecule has 0 atom stereocenters. The van der Waals surface area contributed by atoms with Gasteiger partial charge in [0.2, 0.25) is 0 Å². The van der Waals surface area contributed by atoms with Gasteiger partial charge < -0.3 is 0 Å². The summed E-state index contributed by atoms with van der Waals surface area (Å²) in [7, 11) is 0. The molecule has 3 nitrogen and oxygen atoms in total. The summed E-state index contributed by atoms with van der Waals surface area (Å²) in [5, 5.41) is 9.64. The number of nitro groups is 1. The van der Waals surface area contributed by atoms with Gasteiger partial charge in [0.1, 0.15) is 4.24 Å². The Hall–Kier alpha value is -0.160. The molecule has 46 valence electrons. The predicted molar refractivity (Wildman–Crippen MR) is 37.6 cm³/mol. The van der Waals surface area contributed by atoms with Crippen molar-refractivity contribution in [3.05, 3.63) is 20.6 Å². The molecule has 0 unspecified atom stereocenters. The lowest BCUT2D eigenvalue weighted by Gasteiger charge is -1.83. The van der Waals surface area contributed by atoms with Crippen molar-refractivity contribution in [2.75, 3.05) is 6.26 Å². The molecule has 0 aromatic rings. The van der Waals surface area contributed by atoms with Gasteiger partial charge in [-0.15, -0.1) is 24.4 Å². The first kappa shape index (κ1) is 7.84. The van der Waals surface area contributed by atoms with Crippen LogP contribution in [0.2, 0.25) is 0 Å². The maximum absolute atomic E-state index is 9.64. The van der Waals surface area contributed by atoms with Crippen LogP contribution in [0.25, 0.3) is 0 Å². The van der Waals surface area contributed by atoms with Crippen molar-refractivity contribution in [1.29, 1.82) is 0 Å². The summed E-state index contributed by atoms with van der Waals surface area (Å²) in [6.45, 7) is 0.